The normalized spacial score (nSPS) is 13.3. The Morgan fingerprint density at radius 3 is 2.70 bits per heavy atom. The fourth-order valence-corrected chi connectivity index (χ4v) is 4.31. The molecule has 2 aromatic rings. The molecule has 1 aromatic heterocycles. The molecule has 0 unspecified atom stereocenters. The Labute approximate surface area is 162 Å². The lowest BCUT2D eigenvalue weighted by Gasteiger charge is -2.16. The highest BCUT2D eigenvalue weighted by Crippen LogP contribution is 2.40. The van der Waals surface area contributed by atoms with Gasteiger partial charge >= 0.3 is 5.97 Å². The van der Waals surface area contributed by atoms with Gasteiger partial charge in [0.25, 0.3) is 5.91 Å². The summed E-state index contributed by atoms with van der Waals surface area (Å²) in [5.41, 5.74) is 3.49. The van der Waals surface area contributed by atoms with Crippen molar-refractivity contribution in [3.63, 3.8) is 0 Å². The van der Waals surface area contributed by atoms with E-state index in [1.807, 2.05) is 31.2 Å². The van der Waals surface area contributed by atoms with E-state index in [9.17, 15) is 9.59 Å². The molecule has 7 heteroatoms. The summed E-state index contributed by atoms with van der Waals surface area (Å²) in [5, 5.41) is 2.71. The number of methoxy groups -OCH3 is 2. The molecule has 1 aliphatic carbocycles. The van der Waals surface area contributed by atoms with Crippen LogP contribution in [-0.4, -0.2) is 45.4 Å². The summed E-state index contributed by atoms with van der Waals surface area (Å²) >= 11 is 1.41. The number of thiophene rings is 1. The van der Waals surface area contributed by atoms with Crippen molar-refractivity contribution in [2.24, 2.45) is 0 Å². The molecule has 0 saturated carbocycles. The van der Waals surface area contributed by atoms with Crippen LogP contribution in [0.1, 0.15) is 27.7 Å². The van der Waals surface area contributed by atoms with Crippen LogP contribution in [0.15, 0.2) is 24.3 Å². The van der Waals surface area contributed by atoms with Crippen molar-refractivity contribution in [1.82, 2.24) is 5.32 Å². The third-order valence-electron chi connectivity index (χ3n) is 4.39. The van der Waals surface area contributed by atoms with Crippen molar-refractivity contribution >= 4 is 23.2 Å². The molecule has 0 aliphatic heterocycles. The van der Waals surface area contributed by atoms with Gasteiger partial charge in [0.2, 0.25) is 0 Å². The number of hydrogen-bond acceptors (Lipinski definition) is 6. The molecular weight excluding hydrogens is 366 g/mol. The quantitative estimate of drug-likeness (QED) is 0.737. The molecule has 0 bridgehead atoms. The molecule has 6 nitrogen and oxygen atoms in total. The van der Waals surface area contributed by atoms with E-state index in [0.29, 0.717) is 11.5 Å². The number of rotatable bonds is 7. The number of fused-ring (bicyclic) bond motifs is 3. The Morgan fingerprint density at radius 2 is 1.96 bits per heavy atom. The van der Waals surface area contributed by atoms with Crippen LogP contribution in [0.5, 0.6) is 5.75 Å². The summed E-state index contributed by atoms with van der Waals surface area (Å²) in [6.45, 7) is 1.92. The average Bonchev–Trinajstić information content (AvgIpc) is 3.10. The summed E-state index contributed by atoms with van der Waals surface area (Å²) in [6.07, 6.45) is 1.78. The highest BCUT2D eigenvalue weighted by atomic mass is 32.1. The Balaban J connectivity index is 1.66. The second-order valence-electron chi connectivity index (χ2n) is 6.49. The van der Waals surface area contributed by atoms with E-state index in [4.69, 9.17) is 14.2 Å². The summed E-state index contributed by atoms with van der Waals surface area (Å²) in [6, 6.07) is 7.74. The predicted molar refractivity (Wildman–Crippen MR) is 103 cm³/mol. The minimum absolute atomic E-state index is 0.135. The van der Waals surface area contributed by atoms with Gasteiger partial charge in [0, 0.05) is 18.0 Å². The maximum Gasteiger partial charge on any atom is 0.348 e. The van der Waals surface area contributed by atoms with Gasteiger partial charge in [-0.3, -0.25) is 4.79 Å². The van der Waals surface area contributed by atoms with Gasteiger partial charge in [0.05, 0.1) is 13.7 Å². The molecule has 1 aliphatic rings. The number of carbonyl (C=O) groups is 2. The van der Waals surface area contributed by atoms with Crippen LogP contribution in [0.2, 0.25) is 0 Å². The number of nitrogens with one attached hydrogen (secondary N) is 1. The minimum atomic E-state index is -0.473. The molecule has 144 valence electrons. The standard InChI is InChI=1S/C20H23NO5S/c1-12(10-24-2)21-18(22)11-26-20(23)17-9-14-5-4-13-8-15(25-3)6-7-16(13)19(14)27-17/h6-9,12H,4-5,10-11H2,1-3H3,(H,21,22)/t12-/m1/s1. The highest BCUT2D eigenvalue weighted by molar-refractivity contribution is 7.17. The molecule has 0 spiro atoms. The number of benzene rings is 1. The molecule has 1 amide bonds. The van der Waals surface area contributed by atoms with Crippen LogP contribution in [0.4, 0.5) is 0 Å². The number of hydrogen-bond donors (Lipinski definition) is 1. The van der Waals surface area contributed by atoms with Gasteiger partial charge in [-0.1, -0.05) is 0 Å². The Bertz CT molecular complexity index is 845. The minimum Gasteiger partial charge on any atom is -0.497 e. The molecule has 1 atom stereocenters. The molecule has 3 rings (SSSR count). The number of amides is 1. The van der Waals surface area contributed by atoms with Crippen molar-refractivity contribution in [2.45, 2.75) is 25.8 Å². The van der Waals surface area contributed by atoms with Crippen molar-refractivity contribution in [1.29, 1.82) is 0 Å². The molecule has 27 heavy (non-hydrogen) atoms. The maximum absolute atomic E-state index is 12.4. The molecule has 1 N–H and O–H groups in total. The SMILES string of the molecule is COC[C@@H](C)NC(=O)COC(=O)c1cc2c(s1)-c1ccc(OC)cc1CC2. The summed E-state index contributed by atoms with van der Waals surface area (Å²) in [4.78, 5) is 25.8. The molecular formula is C20H23NO5S. The van der Waals surface area contributed by atoms with E-state index in [0.717, 1.165) is 34.6 Å². The van der Waals surface area contributed by atoms with Crippen molar-refractivity contribution in [3.05, 3.63) is 40.3 Å². The lowest BCUT2D eigenvalue weighted by molar-refractivity contribution is -0.125. The van der Waals surface area contributed by atoms with Crippen LogP contribution in [0.25, 0.3) is 10.4 Å². The van der Waals surface area contributed by atoms with E-state index in [2.05, 4.69) is 5.32 Å². The van der Waals surface area contributed by atoms with E-state index in [1.165, 1.54) is 16.9 Å². The van der Waals surface area contributed by atoms with Gasteiger partial charge in [0.15, 0.2) is 6.61 Å². The predicted octanol–water partition coefficient (Wildman–Crippen LogP) is 2.83. The Morgan fingerprint density at radius 1 is 1.19 bits per heavy atom. The first-order chi connectivity index (χ1) is 13.0. The van der Waals surface area contributed by atoms with E-state index < -0.39 is 5.97 Å². The Hall–Kier alpha value is -2.38. The van der Waals surface area contributed by atoms with Crippen molar-refractivity contribution in [2.75, 3.05) is 27.4 Å². The monoisotopic (exact) mass is 389 g/mol. The molecule has 0 fully saturated rings. The topological polar surface area (TPSA) is 73.9 Å². The number of ether oxygens (including phenoxy) is 3. The van der Waals surface area contributed by atoms with Gasteiger partial charge in [-0.25, -0.2) is 4.79 Å². The molecule has 1 heterocycles. The van der Waals surface area contributed by atoms with Crippen LogP contribution in [0, 0.1) is 0 Å². The fraction of sp³-hybridized carbons (Fsp3) is 0.400. The van der Waals surface area contributed by atoms with Gasteiger partial charge in [-0.05, 0) is 60.7 Å². The first kappa shape index (κ1) is 19.4. The van der Waals surface area contributed by atoms with E-state index >= 15 is 0 Å². The lowest BCUT2D eigenvalue weighted by atomic mass is 9.91. The van der Waals surface area contributed by atoms with Gasteiger partial charge < -0.3 is 19.5 Å². The van der Waals surface area contributed by atoms with Crippen LogP contribution in [-0.2, 0) is 27.1 Å². The zero-order valence-corrected chi connectivity index (χ0v) is 16.5. The van der Waals surface area contributed by atoms with Crippen LogP contribution >= 0.6 is 11.3 Å². The second-order valence-corrected chi connectivity index (χ2v) is 7.54. The van der Waals surface area contributed by atoms with E-state index in [1.54, 1.807) is 14.2 Å². The Kier molecular flexibility index (Phi) is 6.13. The maximum atomic E-state index is 12.4. The number of carbonyl (C=O) groups excluding carboxylic acids is 2. The third-order valence-corrected chi connectivity index (χ3v) is 5.58. The van der Waals surface area contributed by atoms with Crippen molar-refractivity contribution < 1.29 is 23.8 Å². The van der Waals surface area contributed by atoms with Gasteiger partial charge in [0.1, 0.15) is 10.6 Å². The van der Waals surface area contributed by atoms with Gasteiger partial charge in [-0.2, -0.15) is 0 Å². The smallest absolute Gasteiger partial charge is 0.348 e. The van der Waals surface area contributed by atoms with E-state index in [-0.39, 0.29) is 18.6 Å². The molecule has 1 aromatic carbocycles. The average molecular weight is 389 g/mol. The zero-order chi connectivity index (χ0) is 19.4. The molecule has 0 saturated heterocycles. The molecule has 0 radical (unpaired) electrons. The summed E-state index contributed by atoms with van der Waals surface area (Å²) < 4.78 is 15.4. The van der Waals surface area contributed by atoms with Crippen LogP contribution in [0.3, 0.4) is 0 Å². The van der Waals surface area contributed by atoms with Crippen LogP contribution < -0.4 is 10.1 Å². The zero-order valence-electron chi connectivity index (χ0n) is 15.7. The summed E-state index contributed by atoms with van der Waals surface area (Å²) in [5.74, 6) is 0.0211. The first-order valence-electron chi connectivity index (χ1n) is 8.77. The largest absolute Gasteiger partial charge is 0.497 e. The first-order valence-corrected chi connectivity index (χ1v) is 9.59. The summed E-state index contributed by atoms with van der Waals surface area (Å²) in [7, 11) is 3.22. The second kappa shape index (κ2) is 8.54. The third kappa shape index (κ3) is 4.48. The number of aryl methyl sites for hydroxylation is 2. The van der Waals surface area contributed by atoms with Gasteiger partial charge in [-0.15, -0.1) is 11.3 Å². The highest BCUT2D eigenvalue weighted by Gasteiger charge is 2.23. The fourth-order valence-electron chi connectivity index (χ4n) is 3.15. The van der Waals surface area contributed by atoms with Crippen molar-refractivity contribution in [3.8, 4) is 16.2 Å². The lowest BCUT2D eigenvalue weighted by Crippen LogP contribution is -2.38. The number of esters is 1.